The van der Waals surface area contributed by atoms with Gasteiger partial charge in [-0.05, 0) is 26.8 Å². The minimum absolute atomic E-state index is 0.0231. The molecule has 1 aromatic carbocycles. The number of halogens is 1. The highest BCUT2D eigenvalue weighted by Crippen LogP contribution is 2.34. The molecule has 100 valence electrons. The van der Waals surface area contributed by atoms with Crippen LogP contribution in [0, 0.1) is 5.82 Å². The average molecular weight is 256 g/mol. The van der Waals surface area contributed by atoms with Crippen LogP contribution in [0.2, 0.25) is 0 Å². The molecule has 0 unspecified atom stereocenters. The van der Waals surface area contributed by atoms with Crippen LogP contribution >= 0.6 is 0 Å². The topological polar surface area (TPSA) is 44.8 Å². The summed E-state index contributed by atoms with van der Waals surface area (Å²) in [4.78, 5) is 11.6. The predicted octanol–water partition coefficient (Wildman–Crippen LogP) is 2.80. The number of hydrogen-bond donors (Lipinski definition) is 0. The molecule has 1 rings (SSSR count). The van der Waals surface area contributed by atoms with Gasteiger partial charge in [-0.3, -0.25) is 0 Å². The van der Waals surface area contributed by atoms with E-state index in [1.165, 1.54) is 13.2 Å². The van der Waals surface area contributed by atoms with Gasteiger partial charge in [-0.1, -0.05) is 0 Å². The molecule has 0 aliphatic heterocycles. The van der Waals surface area contributed by atoms with Gasteiger partial charge in [0.1, 0.15) is 11.4 Å². The summed E-state index contributed by atoms with van der Waals surface area (Å²) in [6, 6.07) is 2.27. The Hall–Kier alpha value is -1.78. The third kappa shape index (κ3) is 3.35. The van der Waals surface area contributed by atoms with Crippen molar-refractivity contribution in [2.24, 2.45) is 0 Å². The number of hydrogen-bond acceptors (Lipinski definition) is 4. The van der Waals surface area contributed by atoms with Gasteiger partial charge in [0.05, 0.1) is 19.8 Å². The molecule has 0 amide bonds. The largest absolute Gasteiger partial charge is 0.489 e. The van der Waals surface area contributed by atoms with Gasteiger partial charge in [0.15, 0.2) is 11.5 Å². The van der Waals surface area contributed by atoms with Crippen LogP contribution in [0.25, 0.3) is 0 Å². The molecule has 5 heteroatoms. The summed E-state index contributed by atoms with van der Waals surface area (Å²) in [5.74, 6) is -0.826. The van der Waals surface area contributed by atoms with Crippen LogP contribution < -0.4 is 9.47 Å². The Kier molecular flexibility index (Phi) is 4.95. The summed E-state index contributed by atoms with van der Waals surface area (Å²) < 4.78 is 28.8. The lowest BCUT2D eigenvalue weighted by atomic mass is 10.1. The molecule has 4 nitrogen and oxygen atoms in total. The van der Waals surface area contributed by atoms with Crippen molar-refractivity contribution in [3.8, 4) is 11.5 Å². The van der Waals surface area contributed by atoms with E-state index in [0.717, 1.165) is 6.07 Å². The van der Waals surface area contributed by atoms with Gasteiger partial charge < -0.3 is 14.2 Å². The van der Waals surface area contributed by atoms with Gasteiger partial charge in [0.25, 0.3) is 0 Å². The highest BCUT2D eigenvalue weighted by atomic mass is 19.1. The van der Waals surface area contributed by atoms with Crippen LogP contribution in [-0.2, 0) is 4.74 Å². The first kappa shape index (κ1) is 14.3. The second-order valence-electron chi connectivity index (χ2n) is 3.87. The number of carbonyl (C=O) groups excluding carboxylic acids is 1. The Morgan fingerprint density at radius 2 is 2.06 bits per heavy atom. The van der Waals surface area contributed by atoms with Crippen molar-refractivity contribution in [2.45, 2.75) is 26.9 Å². The van der Waals surface area contributed by atoms with E-state index in [9.17, 15) is 9.18 Å². The zero-order valence-electron chi connectivity index (χ0n) is 11.0. The van der Waals surface area contributed by atoms with Crippen molar-refractivity contribution in [3.05, 3.63) is 23.5 Å². The SMILES string of the molecule is CCOc1c(OC(C)C)cc(F)cc1C(=O)OC. The molecule has 0 saturated heterocycles. The van der Waals surface area contributed by atoms with Crippen molar-refractivity contribution in [2.75, 3.05) is 13.7 Å². The molecule has 0 spiro atoms. The minimum atomic E-state index is -0.661. The normalized spacial score (nSPS) is 10.3. The maximum atomic E-state index is 13.5. The highest BCUT2D eigenvalue weighted by Gasteiger charge is 2.20. The van der Waals surface area contributed by atoms with Crippen molar-refractivity contribution in [1.29, 1.82) is 0 Å². The monoisotopic (exact) mass is 256 g/mol. The second kappa shape index (κ2) is 6.23. The molecule has 0 aromatic heterocycles. The summed E-state index contributed by atoms with van der Waals surface area (Å²) in [5.41, 5.74) is 0.0231. The molecule has 0 saturated carbocycles. The van der Waals surface area contributed by atoms with Crippen LogP contribution in [0.5, 0.6) is 11.5 Å². The number of rotatable bonds is 5. The fourth-order valence-corrected chi connectivity index (χ4v) is 1.46. The number of ether oxygens (including phenoxy) is 3. The Labute approximate surface area is 106 Å². The first-order valence-electron chi connectivity index (χ1n) is 5.70. The molecule has 18 heavy (non-hydrogen) atoms. The van der Waals surface area contributed by atoms with E-state index < -0.39 is 11.8 Å². The lowest BCUT2D eigenvalue weighted by Crippen LogP contribution is -2.11. The van der Waals surface area contributed by atoms with Crippen molar-refractivity contribution in [3.63, 3.8) is 0 Å². The molecular formula is C13H17FO4. The minimum Gasteiger partial charge on any atom is -0.489 e. The third-order valence-electron chi connectivity index (χ3n) is 2.08. The van der Waals surface area contributed by atoms with E-state index in [1.807, 2.05) is 0 Å². The first-order valence-corrected chi connectivity index (χ1v) is 5.70. The van der Waals surface area contributed by atoms with Gasteiger partial charge in [0.2, 0.25) is 0 Å². The Morgan fingerprint density at radius 3 is 2.56 bits per heavy atom. The summed E-state index contributed by atoms with van der Waals surface area (Å²) >= 11 is 0. The van der Waals surface area contributed by atoms with Gasteiger partial charge in [0, 0.05) is 6.07 Å². The number of carbonyl (C=O) groups is 1. The average Bonchev–Trinajstić information content (AvgIpc) is 2.30. The molecule has 0 heterocycles. The van der Waals surface area contributed by atoms with Gasteiger partial charge in [-0.2, -0.15) is 0 Å². The Morgan fingerprint density at radius 1 is 1.39 bits per heavy atom. The zero-order chi connectivity index (χ0) is 13.7. The smallest absolute Gasteiger partial charge is 0.341 e. The van der Waals surface area contributed by atoms with Gasteiger partial charge in [-0.25, -0.2) is 9.18 Å². The molecule has 0 bridgehead atoms. The summed E-state index contributed by atoms with van der Waals surface area (Å²) in [6.45, 7) is 5.71. The van der Waals surface area contributed by atoms with Crippen LogP contribution in [-0.4, -0.2) is 25.8 Å². The number of esters is 1. The van der Waals surface area contributed by atoms with Crippen LogP contribution in [0.15, 0.2) is 12.1 Å². The quantitative estimate of drug-likeness (QED) is 0.760. The second-order valence-corrected chi connectivity index (χ2v) is 3.87. The van der Waals surface area contributed by atoms with E-state index in [4.69, 9.17) is 9.47 Å². The third-order valence-corrected chi connectivity index (χ3v) is 2.08. The maximum Gasteiger partial charge on any atom is 0.341 e. The van der Waals surface area contributed by atoms with Crippen molar-refractivity contribution < 1.29 is 23.4 Å². The Bertz CT molecular complexity index is 429. The molecule has 0 radical (unpaired) electrons. The van der Waals surface area contributed by atoms with E-state index in [-0.39, 0.29) is 23.2 Å². The highest BCUT2D eigenvalue weighted by molar-refractivity contribution is 5.93. The van der Waals surface area contributed by atoms with E-state index in [1.54, 1.807) is 20.8 Å². The zero-order valence-corrected chi connectivity index (χ0v) is 11.0. The van der Waals surface area contributed by atoms with Gasteiger partial charge in [-0.15, -0.1) is 0 Å². The molecule has 0 N–H and O–H groups in total. The Balaban J connectivity index is 3.30. The standard InChI is InChI=1S/C13H17FO4/c1-5-17-12-10(13(15)16-4)6-9(14)7-11(12)18-8(2)3/h6-8H,5H2,1-4H3. The number of methoxy groups -OCH3 is 1. The fraction of sp³-hybridized carbons (Fsp3) is 0.462. The van der Waals surface area contributed by atoms with E-state index >= 15 is 0 Å². The maximum absolute atomic E-state index is 13.5. The van der Waals surface area contributed by atoms with Crippen molar-refractivity contribution >= 4 is 5.97 Å². The lowest BCUT2D eigenvalue weighted by molar-refractivity contribution is 0.0594. The van der Waals surface area contributed by atoms with Crippen LogP contribution in [0.1, 0.15) is 31.1 Å². The van der Waals surface area contributed by atoms with Crippen LogP contribution in [0.3, 0.4) is 0 Å². The van der Waals surface area contributed by atoms with E-state index in [0.29, 0.717) is 6.61 Å². The number of benzene rings is 1. The molecule has 1 aromatic rings. The van der Waals surface area contributed by atoms with Gasteiger partial charge >= 0.3 is 5.97 Å². The lowest BCUT2D eigenvalue weighted by Gasteiger charge is -2.16. The molecule has 0 aliphatic rings. The van der Waals surface area contributed by atoms with E-state index in [2.05, 4.69) is 4.74 Å². The molecule has 0 aliphatic carbocycles. The van der Waals surface area contributed by atoms with Crippen LogP contribution in [0.4, 0.5) is 4.39 Å². The summed E-state index contributed by atoms with van der Waals surface area (Å²) in [5, 5.41) is 0. The first-order chi connectivity index (χ1) is 8.49. The summed E-state index contributed by atoms with van der Waals surface area (Å²) in [7, 11) is 1.23. The fourth-order valence-electron chi connectivity index (χ4n) is 1.46. The van der Waals surface area contributed by atoms with Crippen molar-refractivity contribution in [1.82, 2.24) is 0 Å². The molecule has 0 atom stereocenters. The summed E-state index contributed by atoms with van der Waals surface area (Å²) in [6.07, 6.45) is -0.156. The molecular weight excluding hydrogens is 239 g/mol. The predicted molar refractivity (Wildman–Crippen MR) is 64.7 cm³/mol. The molecule has 0 fully saturated rings.